The lowest BCUT2D eigenvalue weighted by Crippen LogP contribution is -2.04. The van der Waals surface area contributed by atoms with Crippen LogP contribution >= 0.6 is 11.8 Å². The quantitative estimate of drug-likeness (QED) is 0.570. The van der Waals surface area contributed by atoms with E-state index in [-0.39, 0.29) is 0 Å². The maximum atomic E-state index is 5.08. The lowest BCUT2D eigenvalue weighted by Gasteiger charge is -2.12. The molecule has 0 N–H and O–H groups in total. The Balaban J connectivity index is 2.21. The Morgan fingerprint density at radius 1 is 1.60 bits per heavy atom. The van der Waals surface area contributed by atoms with Crippen molar-refractivity contribution in [2.24, 2.45) is 0 Å². The van der Waals surface area contributed by atoms with Gasteiger partial charge >= 0.3 is 0 Å². The van der Waals surface area contributed by atoms with E-state index in [1.165, 1.54) is 18.5 Å². The van der Waals surface area contributed by atoms with E-state index in [0.29, 0.717) is 17.9 Å². The number of imidazole rings is 1. The second kappa shape index (κ2) is 4.58. The Kier molecular flexibility index (Phi) is 3.36. The van der Waals surface area contributed by atoms with Gasteiger partial charge in [-0.05, 0) is 18.8 Å². The topological polar surface area (TPSA) is 27.1 Å². The first kappa shape index (κ1) is 11.0. The van der Waals surface area contributed by atoms with Crippen molar-refractivity contribution in [3.05, 3.63) is 11.9 Å². The molecule has 0 unspecified atom stereocenters. The van der Waals surface area contributed by atoms with Gasteiger partial charge in [0.2, 0.25) is 0 Å². The average Bonchev–Trinajstić information content (AvgIpc) is 2.95. The molecule has 0 atom stereocenters. The van der Waals surface area contributed by atoms with Gasteiger partial charge in [-0.3, -0.25) is 0 Å². The number of nitrogens with zero attached hydrogens (tertiary/aromatic N) is 2. The van der Waals surface area contributed by atoms with Gasteiger partial charge in [-0.2, -0.15) is 0 Å². The Labute approximate surface area is 95.2 Å². The Bertz CT molecular complexity index is 331. The zero-order valence-electron chi connectivity index (χ0n) is 9.56. The molecule has 0 aliphatic heterocycles. The number of thioether (sulfide) groups is 1. The lowest BCUT2D eigenvalue weighted by atomic mass is 10.1. The predicted octanol–water partition coefficient (Wildman–Crippen LogP) is 3.04. The van der Waals surface area contributed by atoms with Gasteiger partial charge < -0.3 is 9.30 Å². The molecular weight excluding hydrogens is 208 g/mol. The second-order valence-electron chi connectivity index (χ2n) is 4.27. The van der Waals surface area contributed by atoms with E-state index >= 15 is 0 Å². The van der Waals surface area contributed by atoms with Crippen molar-refractivity contribution in [3.8, 4) is 0 Å². The van der Waals surface area contributed by atoms with Crippen LogP contribution in [-0.4, -0.2) is 22.6 Å². The van der Waals surface area contributed by atoms with E-state index in [4.69, 9.17) is 4.74 Å². The highest BCUT2D eigenvalue weighted by Crippen LogP contribution is 2.40. The molecule has 1 fully saturated rings. The highest BCUT2D eigenvalue weighted by Gasteiger charge is 2.29. The molecule has 0 bridgehead atoms. The normalized spacial score (nSPS) is 16.3. The van der Waals surface area contributed by atoms with Crippen molar-refractivity contribution in [2.75, 3.05) is 13.0 Å². The molecule has 2 rings (SSSR count). The number of rotatable bonds is 5. The van der Waals surface area contributed by atoms with Gasteiger partial charge in [0.25, 0.3) is 0 Å². The van der Waals surface area contributed by atoms with E-state index in [9.17, 15) is 0 Å². The summed E-state index contributed by atoms with van der Waals surface area (Å²) in [6.45, 7) is 4.45. The van der Waals surface area contributed by atoms with Crippen molar-refractivity contribution in [3.63, 3.8) is 0 Å². The van der Waals surface area contributed by atoms with E-state index in [2.05, 4.69) is 23.4 Å². The van der Waals surface area contributed by atoms with Crippen LogP contribution in [0.4, 0.5) is 0 Å². The predicted molar refractivity (Wildman–Crippen MR) is 62.3 cm³/mol. The molecule has 1 aliphatic rings. The summed E-state index contributed by atoms with van der Waals surface area (Å²) in [6.07, 6.45) is 4.62. The first-order valence-electron chi connectivity index (χ1n) is 5.43. The number of hydrogen-bond donors (Lipinski definition) is 0. The van der Waals surface area contributed by atoms with Crippen LogP contribution in [0.15, 0.2) is 11.4 Å². The summed E-state index contributed by atoms with van der Waals surface area (Å²) in [5, 5.41) is 1.11. The SMILES string of the molecule is COCSc1ncc(C(C)C)n1C1CC1. The zero-order valence-corrected chi connectivity index (χ0v) is 10.4. The summed E-state index contributed by atoms with van der Waals surface area (Å²) < 4.78 is 7.48. The first-order chi connectivity index (χ1) is 7.24. The van der Waals surface area contributed by atoms with E-state index in [0.717, 1.165) is 5.16 Å². The smallest absolute Gasteiger partial charge is 0.170 e. The minimum absolute atomic E-state index is 0.551. The molecule has 0 amide bonds. The Morgan fingerprint density at radius 3 is 2.87 bits per heavy atom. The minimum atomic E-state index is 0.551. The van der Waals surface area contributed by atoms with E-state index in [1.54, 1.807) is 18.9 Å². The number of hydrogen-bond acceptors (Lipinski definition) is 3. The van der Waals surface area contributed by atoms with Crippen LogP contribution in [-0.2, 0) is 4.74 Å². The summed E-state index contributed by atoms with van der Waals surface area (Å²) >= 11 is 1.68. The number of methoxy groups -OCH3 is 1. The zero-order chi connectivity index (χ0) is 10.8. The van der Waals surface area contributed by atoms with Gasteiger partial charge in [0, 0.05) is 25.0 Å². The molecule has 3 nitrogen and oxygen atoms in total. The fraction of sp³-hybridized carbons (Fsp3) is 0.727. The molecular formula is C11H18N2OS. The van der Waals surface area contributed by atoms with Crippen molar-refractivity contribution >= 4 is 11.8 Å². The van der Waals surface area contributed by atoms with Gasteiger partial charge in [0.15, 0.2) is 5.16 Å². The molecule has 0 saturated heterocycles. The molecule has 84 valence electrons. The van der Waals surface area contributed by atoms with Gasteiger partial charge in [-0.15, -0.1) is 0 Å². The second-order valence-corrected chi connectivity index (χ2v) is 5.16. The van der Waals surface area contributed by atoms with Crippen molar-refractivity contribution in [1.29, 1.82) is 0 Å². The third-order valence-corrected chi connectivity index (χ3v) is 3.51. The molecule has 1 saturated carbocycles. The van der Waals surface area contributed by atoms with Crippen LogP contribution in [0.25, 0.3) is 0 Å². The third-order valence-electron chi connectivity index (χ3n) is 2.60. The van der Waals surface area contributed by atoms with Crippen LogP contribution in [0.3, 0.4) is 0 Å². The van der Waals surface area contributed by atoms with Crippen molar-refractivity contribution in [2.45, 2.75) is 43.8 Å². The minimum Gasteiger partial charge on any atom is -0.374 e. The summed E-state index contributed by atoms with van der Waals surface area (Å²) in [5.41, 5.74) is 1.36. The van der Waals surface area contributed by atoms with Crippen LogP contribution in [0, 0.1) is 0 Å². The van der Waals surface area contributed by atoms with Gasteiger partial charge in [-0.25, -0.2) is 4.98 Å². The fourth-order valence-corrected chi connectivity index (χ4v) is 2.45. The molecule has 15 heavy (non-hydrogen) atoms. The van der Waals surface area contributed by atoms with Gasteiger partial charge in [-0.1, -0.05) is 25.6 Å². The highest BCUT2D eigenvalue weighted by atomic mass is 32.2. The molecule has 1 aliphatic carbocycles. The van der Waals surface area contributed by atoms with Gasteiger partial charge in [0.05, 0.1) is 5.94 Å². The Morgan fingerprint density at radius 2 is 2.33 bits per heavy atom. The van der Waals surface area contributed by atoms with Crippen LogP contribution < -0.4 is 0 Å². The molecule has 1 aromatic heterocycles. The number of aromatic nitrogens is 2. The lowest BCUT2D eigenvalue weighted by molar-refractivity contribution is 0.258. The maximum Gasteiger partial charge on any atom is 0.170 e. The molecule has 0 aromatic carbocycles. The molecule has 0 radical (unpaired) electrons. The summed E-state index contributed by atoms with van der Waals surface area (Å²) in [4.78, 5) is 4.48. The summed E-state index contributed by atoms with van der Waals surface area (Å²) in [6, 6.07) is 0.698. The molecule has 4 heteroatoms. The maximum absolute atomic E-state index is 5.08. The first-order valence-corrected chi connectivity index (χ1v) is 6.41. The third kappa shape index (κ3) is 2.37. The van der Waals surface area contributed by atoms with Crippen molar-refractivity contribution in [1.82, 2.24) is 9.55 Å². The highest BCUT2D eigenvalue weighted by molar-refractivity contribution is 7.99. The van der Waals surface area contributed by atoms with Crippen LogP contribution in [0.5, 0.6) is 0 Å². The van der Waals surface area contributed by atoms with Gasteiger partial charge in [0.1, 0.15) is 0 Å². The fourth-order valence-electron chi connectivity index (χ4n) is 1.70. The van der Waals surface area contributed by atoms with Crippen molar-refractivity contribution < 1.29 is 4.74 Å². The molecule has 1 heterocycles. The van der Waals surface area contributed by atoms with Crippen LogP contribution in [0.2, 0.25) is 0 Å². The van der Waals surface area contributed by atoms with E-state index in [1.807, 2.05) is 6.20 Å². The van der Waals surface area contributed by atoms with E-state index < -0.39 is 0 Å². The monoisotopic (exact) mass is 226 g/mol. The molecule has 0 spiro atoms. The molecule has 1 aromatic rings. The Hall–Kier alpha value is -0.480. The summed E-state index contributed by atoms with van der Waals surface area (Å²) in [5.74, 6) is 1.23. The average molecular weight is 226 g/mol. The standard InChI is InChI=1S/C11H18N2OS/c1-8(2)10-6-12-11(15-7-14-3)13(10)9-4-5-9/h6,8-9H,4-5,7H2,1-3H3. The largest absolute Gasteiger partial charge is 0.374 e. The number of ether oxygens (including phenoxy) is 1. The summed E-state index contributed by atoms with van der Waals surface area (Å²) in [7, 11) is 1.72. The van der Waals surface area contributed by atoms with Crippen LogP contribution in [0.1, 0.15) is 44.3 Å².